The number of amides is 1. The molecule has 1 amide bonds. The van der Waals surface area contributed by atoms with Crippen molar-refractivity contribution in [2.45, 2.75) is 52.5 Å². The fourth-order valence-electron chi connectivity index (χ4n) is 3.09. The summed E-state index contributed by atoms with van der Waals surface area (Å²) in [5, 5.41) is 6.39. The van der Waals surface area contributed by atoms with E-state index in [2.05, 4.69) is 45.7 Å². The minimum absolute atomic E-state index is 0.114. The Bertz CT molecular complexity index is 751. The van der Waals surface area contributed by atoms with E-state index in [4.69, 9.17) is 0 Å². The smallest absolute Gasteiger partial charge is 0.270 e. The zero-order valence-corrected chi connectivity index (χ0v) is 14.5. The summed E-state index contributed by atoms with van der Waals surface area (Å²) in [6.07, 6.45) is 4.49. The number of carbonyl (C=O) groups is 1. The number of anilines is 2. The molecule has 1 heterocycles. The summed E-state index contributed by atoms with van der Waals surface area (Å²) >= 11 is 0. The van der Waals surface area contributed by atoms with Crippen LogP contribution in [0, 0.1) is 20.8 Å². The maximum Gasteiger partial charge on any atom is 0.270 e. The van der Waals surface area contributed by atoms with E-state index in [-0.39, 0.29) is 11.9 Å². The van der Waals surface area contributed by atoms with Gasteiger partial charge in [-0.2, -0.15) is 0 Å². The molecule has 0 radical (unpaired) electrons. The van der Waals surface area contributed by atoms with Crippen LogP contribution in [0.25, 0.3) is 0 Å². The Balaban J connectivity index is 1.80. The predicted octanol–water partition coefficient (Wildman–Crippen LogP) is 3.82. The summed E-state index contributed by atoms with van der Waals surface area (Å²) in [5.74, 6) is 1.12. The number of nitrogens with zero attached hydrogens (tertiary/aromatic N) is 2. The van der Waals surface area contributed by atoms with E-state index in [1.807, 2.05) is 6.92 Å². The fourth-order valence-corrected chi connectivity index (χ4v) is 3.09. The number of benzene rings is 1. The van der Waals surface area contributed by atoms with Gasteiger partial charge >= 0.3 is 0 Å². The number of carbonyl (C=O) groups excluding carboxylic acids is 1. The Kier molecular flexibility index (Phi) is 4.79. The van der Waals surface area contributed by atoms with Gasteiger partial charge in [0.2, 0.25) is 0 Å². The van der Waals surface area contributed by atoms with Gasteiger partial charge in [0.05, 0.1) is 0 Å². The Morgan fingerprint density at radius 3 is 2.58 bits per heavy atom. The molecule has 0 bridgehead atoms. The predicted molar refractivity (Wildman–Crippen MR) is 95.7 cm³/mol. The van der Waals surface area contributed by atoms with Gasteiger partial charge in [-0.3, -0.25) is 4.79 Å². The Morgan fingerprint density at radius 2 is 1.83 bits per heavy atom. The number of hydrogen-bond donors (Lipinski definition) is 2. The molecular formula is C19H24N4O. The van der Waals surface area contributed by atoms with E-state index in [1.165, 1.54) is 18.4 Å². The molecule has 0 saturated heterocycles. The van der Waals surface area contributed by atoms with Gasteiger partial charge < -0.3 is 10.6 Å². The van der Waals surface area contributed by atoms with E-state index in [1.54, 1.807) is 13.0 Å². The van der Waals surface area contributed by atoms with Crippen LogP contribution in [-0.4, -0.2) is 21.9 Å². The van der Waals surface area contributed by atoms with Gasteiger partial charge in [0, 0.05) is 17.8 Å². The van der Waals surface area contributed by atoms with Crippen molar-refractivity contribution in [3.8, 4) is 0 Å². The van der Waals surface area contributed by atoms with Crippen molar-refractivity contribution in [3.63, 3.8) is 0 Å². The van der Waals surface area contributed by atoms with E-state index in [0.717, 1.165) is 24.1 Å². The number of aryl methyl sites for hydroxylation is 3. The molecule has 0 atom stereocenters. The molecule has 1 aromatic heterocycles. The second-order valence-electron chi connectivity index (χ2n) is 6.58. The zero-order chi connectivity index (χ0) is 17.1. The van der Waals surface area contributed by atoms with E-state index in [0.29, 0.717) is 17.3 Å². The summed E-state index contributed by atoms with van der Waals surface area (Å²) in [4.78, 5) is 21.2. The Labute approximate surface area is 142 Å². The van der Waals surface area contributed by atoms with Crippen molar-refractivity contribution < 1.29 is 4.79 Å². The van der Waals surface area contributed by atoms with Crippen LogP contribution in [0.3, 0.4) is 0 Å². The molecule has 5 heteroatoms. The summed E-state index contributed by atoms with van der Waals surface area (Å²) in [6, 6.07) is 8.22. The highest BCUT2D eigenvalue weighted by molar-refractivity contribution is 5.93. The van der Waals surface area contributed by atoms with Crippen molar-refractivity contribution in [3.05, 3.63) is 46.9 Å². The Morgan fingerprint density at radius 1 is 1.08 bits per heavy atom. The van der Waals surface area contributed by atoms with Crippen molar-refractivity contribution in [1.29, 1.82) is 0 Å². The summed E-state index contributed by atoms with van der Waals surface area (Å²) < 4.78 is 0. The first-order valence-corrected chi connectivity index (χ1v) is 8.52. The van der Waals surface area contributed by atoms with E-state index < -0.39 is 0 Å². The monoisotopic (exact) mass is 324 g/mol. The first kappa shape index (κ1) is 16.4. The van der Waals surface area contributed by atoms with Gasteiger partial charge in [-0.25, -0.2) is 9.97 Å². The SMILES string of the molecule is Cc1ccc(C)c(Nc2cc(C(=O)NC3CCCC3)nc(C)n2)c1. The topological polar surface area (TPSA) is 66.9 Å². The van der Waals surface area contributed by atoms with Crippen molar-refractivity contribution >= 4 is 17.4 Å². The van der Waals surface area contributed by atoms with Gasteiger partial charge in [-0.15, -0.1) is 0 Å². The van der Waals surface area contributed by atoms with E-state index in [9.17, 15) is 4.79 Å². The molecule has 0 unspecified atom stereocenters. The minimum Gasteiger partial charge on any atom is -0.348 e. The molecule has 1 aliphatic rings. The number of hydrogen-bond acceptors (Lipinski definition) is 4. The van der Waals surface area contributed by atoms with Crippen LogP contribution in [0.4, 0.5) is 11.5 Å². The van der Waals surface area contributed by atoms with Crippen LogP contribution in [0.1, 0.15) is 53.1 Å². The Hall–Kier alpha value is -2.43. The second-order valence-corrected chi connectivity index (χ2v) is 6.58. The summed E-state index contributed by atoms with van der Waals surface area (Å²) in [7, 11) is 0. The molecular weight excluding hydrogens is 300 g/mol. The first-order chi connectivity index (χ1) is 11.5. The average Bonchev–Trinajstić information content (AvgIpc) is 3.03. The van der Waals surface area contributed by atoms with Crippen molar-refractivity contribution in [1.82, 2.24) is 15.3 Å². The quantitative estimate of drug-likeness (QED) is 0.897. The van der Waals surface area contributed by atoms with Gasteiger partial charge in [-0.05, 0) is 50.8 Å². The molecule has 2 aromatic rings. The fraction of sp³-hybridized carbons (Fsp3) is 0.421. The molecule has 126 valence electrons. The minimum atomic E-state index is -0.114. The molecule has 3 rings (SSSR count). The van der Waals surface area contributed by atoms with Crippen LogP contribution >= 0.6 is 0 Å². The highest BCUT2D eigenvalue weighted by atomic mass is 16.1. The van der Waals surface area contributed by atoms with Gasteiger partial charge in [0.1, 0.15) is 17.3 Å². The lowest BCUT2D eigenvalue weighted by atomic mass is 10.1. The molecule has 24 heavy (non-hydrogen) atoms. The van der Waals surface area contributed by atoms with Gasteiger partial charge in [-0.1, -0.05) is 25.0 Å². The largest absolute Gasteiger partial charge is 0.348 e. The molecule has 1 aromatic carbocycles. The average molecular weight is 324 g/mol. The third-order valence-corrected chi connectivity index (χ3v) is 4.42. The second kappa shape index (κ2) is 6.99. The summed E-state index contributed by atoms with van der Waals surface area (Å²) in [6.45, 7) is 5.90. The number of nitrogens with one attached hydrogen (secondary N) is 2. The van der Waals surface area contributed by atoms with E-state index >= 15 is 0 Å². The maximum absolute atomic E-state index is 12.4. The third kappa shape index (κ3) is 3.91. The van der Waals surface area contributed by atoms with Crippen LogP contribution in [0.5, 0.6) is 0 Å². The standard InChI is InChI=1S/C19H24N4O/c1-12-8-9-13(2)16(10-12)23-18-11-17(20-14(3)21-18)19(24)22-15-6-4-5-7-15/h8-11,15H,4-7H2,1-3H3,(H,22,24)(H,20,21,23). The zero-order valence-electron chi connectivity index (χ0n) is 14.5. The molecule has 1 fully saturated rings. The molecule has 1 aliphatic carbocycles. The lowest BCUT2D eigenvalue weighted by Crippen LogP contribution is -2.33. The van der Waals surface area contributed by atoms with Crippen molar-refractivity contribution in [2.24, 2.45) is 0 Å². The molecule has 2 N–H and O–H groups in total. The first-order valence-electron chi connectivity index (χ1n) is 8.52. The lowest BCUT2D eigenvalue weighted by Gasteiger charge is -2.14. The summed E-state index contributed by atoms with van der Waals surface area (Å²) in [5.41, 5.74) is 3.72. The maximum atomic E-state index is 12.4. The van der Waals surface area contributed by atoms with Gasteiger partial charge in [0.15, 0.2) is 0 Å². The third-order valence-electron chi connectivity index (χ3n) is 4.42. The molecule has 0 spiro atoms. The highest BCUT2D eigenvalue weighted by Gasteiger charge is 2.19. The number of rotatable bonds is 4. The normalized spacial score (nSPS) is 14.6. The van der Waals surface area contributed by atoms with Crippen LogP contribution < -0.4 is 10.6 Å². The van der Waals surface area contributed by atoms with Crippen LogP contribution in [0.15, 0.2) is 24.3 Å². The lowest BCUT2D eigenvalue weighted by molar-refractivity contribution is 0.0932. The molecule has 0 aliphatic heterocycles. The van der Waals surface area contributed by atoms with Crippen LogP contribution in [0.2, 0.25) is 0 Å². The number of aromatic nitrogens is 2. The highest BCUT2D eigenvalue weighted by Crippen LogP contribution is 2.22. The van der Waals surface area contributed by atoms with Crippen LogP contribution in [-0.2, 0) is 0 Å². The van der Waals surface area contributed by atoms with Gasteiger partial charge in [0.25, 0.3) is 5.91 Å². The van der Waals surface area contributed by atoms with Crippen molar-refractivity contribution in [2.75, 3.05) is 5.32 Å². The molecule has 1 saturated carbocycles. The molecule has 5 nitrogen and oxygen atoms in total.